The van der Waals surface area contributed by atoms with Gasteiger partial charge in [-0.2, -0.15) is 0 Å². The summed E-state index contributed by atoms with van der Waals surface area (Å²) in [5.41, 5.74) is -0.900. The molecule has 36 heavy (non-hydrogen) atoms. The van der Waals surface area contributed by atoms with Crippen LogP contribution in [0.15, 0.2) is 69.0 Å². The van der Waals surface area contributed by atoms with Gasteiger partial charge in [0.05, 0.1) is 18.2 Å². The fourth-order valence-corrected chi connectivity index (χ4v) is 5.80. The number of rotatable bonds is 5. The number of anilines is 1. The number of amides is 1. The molecule has 3 aromatic rings. The van der Waals surface area contributed by atoms with Crippen LogP contribution in [0.1, 0.15) is 50.4 Å². The summed E-state index contributed by atoms with van der Waals surface area (Å²) in [6.45, 7) is 6.19. The molecule has 2 saturated carbocycles. The van der Waals surface area contributed by atoms with Crippen molar-refractivity contribution in [3.05, 3.63) is 70.6 Å². The SMILES string of the molecule is COc1ccc(NC(=O)C23CCC(C)(C(=NOC(=O)c4cc5ccccc5oc4=O)C2)C3(C)C)cc1. The summed E-state index contributed by atoms with van der Waals surface area (Å²) >= 11 is 0. The molecular weight excluding hydrogens is 460 g/mol. The molecule has 186 valence electrons. The fourth-order valence-electron chi connectivity index (χ4n) is 5.80. The second-order valence-electron chi connectivity index (χ2n) is 10.3. The van der Waals surface area contributed by atoms with Crippen molar-refractivity contribution >= 4 is 34.2 Å². The van der Waals surface area contributed by atoms with E-state index in [1.807, 2.05) is 0 Å². The number of fused-ring (bicyclic) bond motifs is 3. The van der Waals surface area contributed by atoms with E-state index in [1.165, 1.54) is 6.07 Å². The van der Waals surface area contributed by atoms with Gasteiger partial charge in [-0.15, -0.1) is 0 Å². The van der Waals surface area contributed by atoms with E-state index in [2.05, 4.69) is 31.2 Å². The Morgan fingerprint density at radius 1 is 1.03 bits per heavy atom. The van der Waals surface area contributed by atoms with Crippen molar-refractivity contribution in [1.82, 2.24) is 0 Å². The second kappa shape index (κ2) is 8.33. The first-order valence-electron chi connectivity index (χ1n) is 11.9. The number of hydrogen-bond donors (Lipinski definition) is 1. The Morgan fingerprint density at radius 3 is 2.47 bits per heavy atom. The predicted octanol–water partition coefficient (Wildman–Crippen LogP) is 5.17. The van der Waals surface area contributed by atoms with Gasteiger partial charge in [0.15, 0.2) is 0 Å². The highest BCUT2D eigenvalue weighted by molar-refractivity contribution is 6.06. The Balaban J connectivity index is 1.40. The second-order valence-corrected chi connectivity index (χ2v) is 10.3. The van der Waals surface area contributed by atoms with Gasteiger partial charge >= 0.3 is 11.6 Å². The number of ether oxygens (including phenoxy) is 1. The van der Waals surface area contributed by atoms with Crippen molar-refractivity contribution in [2.45, 2.75) is 40.0 Å². The zero-order valence-corrected chi connectivity index (χ0v) is 20.7. The van der Waals surface area contributed by atoms with Crippen molar-refractivity contribution < 1.29 is 23.6 Å². The van der Waals surface area contributed by atoms with E-state index in [9.17, 15) is 14.4 Å². The number of methoxy groups -OCH3 is 1. The van der Waals surface area contributed by atoms with Crippen LogP contribution in [0.4, 0.5) is 5.69 Å². The molecule has 2 aliphatic carbocycles. The van der Waals surface area contributed by atoms with Crippen LogP contribution in [0.5, 0.6) is 5.75 Å². The van der Waals surface area contributed by atoms with Crippen LogP contribution < -0.4 is 15.7 Å². The van der Waals surface area contributed by atoms with Gasteiger partial charge in [0.1, 0.15) is 16.9 Å². The monoisotopic (exact) mass is 488 g/mol. The van der Waals surface area contributed by atoms with E-state index in [4.69, 9.17) is 14.0 Å². The fraction of sp³-hybridized carbons (Fsp3) is 0.357. The molecule has 0 aliphatic heterocycles. The molecule has 2 unspecified atom stereocenters. The van der Waals surface area contributed by atoms with Gasteiger partial charge in [-0.1, -0.05) is 44.1 Å². The number of nitrogens with one attached hydrogen (secondary N) is 1. The number of para-hydroxylation sites is 1. The highest BCUT2D eigenvalue weighted by Gasteiger charge is 2.71. The molecule has 2 bridgehead atoms. The quantitative estimate of drug-likeness (QED) is 0.302. The van der Waals surface area contributed by atoms with E-state index in [0.29, 0.717) is 41.0 Å². The number of hydrogen-bond acceptors (Lipinski definition) is 7. The summed E-state index contributed by atoms with van der Waals surface area (Å²) in [6, 6.07) is 15.6. The summed E-state index contributed by atoms with van der Waals surface area (Å²) in [4.78, 5) is 44.0. The van der Waals surface area contributed by atoms with Gasteiger partial charge in [0, 0.05) is 22.9 Å². The Hall–Kier alpha value is -3.94. The third-order valence-corrected chi connectivity index (χ3v) is 8.62. The lowest BCUT2D eigenvalue weighted by Gasteiger charge is -2.39. The van der Waals surface area contributed by atoms with Gasteiger partial charge in [-0.25, -0.2) is 9.59 Å². The molecule has 0 radical (unpaired) electrons. The average molecular weight is 489 g/mol. The molecule has 0 saturated heterocycles. The molecule has 5 rings (SSSR count). The Morgan fingerprint density at radius 2 is 1.75 bits per heavy atom. The van der Waals surface area contributed by atoms with E-state index in [0.717, 1.165) is 6.42 Å². The first kappa shape index (κ1) is 23.8. The lowest BCUT2D eigenvalue weighted by molar-refractivity contribution is -0.130. The maximum Gasteiger partial charge on any atom is 0.373 e. The lowest BCUT2D eigenvalue weighted by atomic mass is 9.64. The highest BCUT2D eigenvalue weighted by Crippen LogP contribution is 2.71. The summed E-state index contributed by atoms with van der Waals surface area (Å²) in [7, 11) is 1.59. The standard InChI is InChI=1S/C28H28N2O6/c1-26(2)27(3)13-14-28(26,25(33)29-18-9-11-19(34-4)12-10-18)16-22(27)30-36-24(32)20-15-17-7-5-6-8-21(17)35-23(20)31/h5-12,15H,13-14,16H2,1-4H3,(H,29,33). The van der Waals surface area contributed by atoms with Crippen molar-refractivity contribution in [2.75, 3.05) is 12.4 Å². The van der Waals surface area contributed by atoms with Crippen LogP contribution in [-0.2, 0) is 9.63 Å². The number of carbonyl (C=O) groups is 2. The maximum absolute atomic E-state index is 13.6. The normalized spacial score (nSPS) is 25.2. The lowest BCUT2D eigenvalue weighted by Crippen LogP contribution is -2.43. The molecular formula is C28H28N2O6. The first-order chi connectivity index (χ1) is 17.1. The average Bonchev–Trinajstić information content (AvgIpc) is 3.18. The Kier molecular flexibility index (Phi) is 5.50. The van der Waals surface area contributed by atoms with Crippen LogP contribution in [0.3, 0.4) is 0 Å². The molecule has 1 N–H and O–H groups in total. The smallest absolute Gasteiger partial charge is 0.373 e. The van der Waals surface area contributed by atoms with Gasteiger partial charge < -0.3 is 19.3 Å². The van der Waals surface area contributed by atoms with Crippen LogP contribution in [0, 0.1) is 16.2 Å². The van der Waals surface area contributed by atoms with E-state index >= 15 is 0 Å². The molecule has 2 aliphatic rings. The molecule has 2 aromatic carbocycles. The minimum atomic E-state index is -0.886. The predicted molar refractivity (Wildman–Crippen MR) is 135 cm³/mol. The van der Waals surface area contributed by atoms with Crippen molar-refractivity contribution in [2.24, 2.45) is 21.4 Å². The van der Waals surface area contributed by atoms with Gasteiger partial charge in [-0.3, -0.25) is 4.79 Å². The van der Waals surface area contributed by atoms with Crippen LogP contribution in [0.2, 0.25) is 0 Å². The van der Waals surface area contributed by atoms with Gasteiger partial charge in [0.2, 0.25) is 5.91 Å². The topological polar surface area (TPSA) is 107 Å². The Bertz CT molecular complexity index is 1450. The molecule has 2 fully saturated rings. The minimum Gasteiger partial charge on any atom is -0.497 e. The highest BCUT2D eigenvalue weighted by atomic mass is 16.7. The summed E-state index contributed by atoms with van der Waals surface area (Å²) in [5.74, 6) is -0.270. The summed E-state index contributed by atoms with van der Waals surface area (Å²) in [5, 5.41) is 7.88. The number of benzene rings is 2. The first-order valence-corrected chi connectivity index (χ1v) is 11.9. The molecule has 1 heterocycles. The summed E-state index contributed by atoms with van der Waals surface area (Å²) < 4.78 is 10.4. The third-order valence-electron chi connectivity index (χ3n) is 8.62. The van der Waals surface area contributed by atoms with Crippen LogP contribution >= 0.6 is 0 Å². The van der Waals surface area contributed by atoms with E-state index < -0.39 is 27.8 Å². The van der Waals surface area contributed by atoms with Crippen molar-refractivity contribution in [1.29, 1.82) is 0 Å². The van der Waals surface area contributed by atoms with Crippen LogP contribution in [-0.4, -0.2) is 24.7 Å². The maximum atomic E-state index is 13.6. The van der Waals surface area contributed by atoms with E-state index in [-0.39, 0.29) is 11.5 Å². The molecule has 0 spiro atoms. The zero-order valence-electron chi connectivity index (χ0n) is 20.7. The molecule has 1 aromatic heterocycles. The molecule has 8 heteroatoms. The van der Waals surface area contributed by atoms with Gasteiger partial charge in [0.25, 0.3) is 0 Å². The minimum absolute atomic E-state index is 0.0897. The number of oxime groups is 1. The largest absolute Gasteiger partial charge is 0.497 e. The van der Waals surface area contributed by atoms with Gasteiger partial charge in [-0.05, 0) is 54.7 Å². The summed E-state index contributed by atoms with van der Waals surface area (Å²) in [6.07, 6.45) is 1.78. The van der Waals surface area contributed by atoms with Crippen LogP contribution in [0.25, 0.3) is 11.0 Å². The third kappa shape index (κ3) is 3.43. The molecule has 1 amide bonds. The Labute approximate surface area is 208 Å². The molecule has 2 atom stereocenters. The van der Waals surface area contributed by atoms with Crippen molar-refractivity contribution in [3.63, 3.8) is 0 Å². The number of nitrogens with zero attached hydrogens (tertiary/aromatic N) is 1. The van der Waals surface area contributed by atoms with E-state index in [1.54, 1.807) is 55.6 Å². The zero-order chi connectivity index (χ0) is 25.7. The number of carbonyl (C=O) groups excluding carboxylic acids is 2. The van der Waals surface area contributed by atoms with Crippen molar-refractivity contribution in [3.8, 4) is 5.75 Å². The molecule has 8 nitrogen and oxygen atoms in total.